The molecule has 0 aliphatic heterocycles. The molecule has 8 heteroatoms. The van der Waals surface area contributed by atoms with Gasteiger partial charge in [-0.05, 0) is 19.1 Å². The minimum Gasteiger partial charge on any atom is -0.351 e. The third-order valence-electron chi connectivity index (χ3n) is 4.89. The van der Waals surface area contributed by atoms with E-state index in [1.54, 1.807) is 12.4 Å². The van der Waals surface area contributed by atoms with Crippen LogP contribution in [-0.4, -0.2) is 36.5 Å². The van der Waals surface area contributed by atoms with Crippen LogP contribution in [0.2, 0.25) is 0 Å². The third kappa shape index (κ3) is 2.44. The molecule has 0 saturated heterocycles. The van der Waals surface area contributed by atoms with Crippen molar-refractivity contribution in [3.8, 4) is 0 Å². The van der Waals surface area contributed by atoms with Gasteiger partial charge in [-0.1, -0.05) is 6.08 Å². The van der Waals surface area contributed by atoms with Crippen molar-refractivity contribution in [2.24, 2.45) is 0 Å². The molecule has 0 atom stereocenters. The van der Waals surface area contributed by atoms with E-state index in [9.17, 15) is 8.78 Å². The van der Waals surface area contributed by atoms with Crippen LogP contribution < -0.4 is 5.32 Å². The summed E-state index contributed by atoms with van der Waals surface area (Å²) < 4.78 is 27.7. The lowest BCUT2D eigenvalue weighted by Crippen LogP contribution is -2.44. The molecule has 1 N–H and O–H groups in total. The van der Waals surface area contributed by atoms with Crippen molar-refractivity contribution >= 4 is 17.2 Å². The summed E-state index contributed by atoms with van der Waals surface area (Å²) in [7, 11) is 0. The summed E-state index contributed by atoms with van der Waals surface area (Å²) >= 11 is 0. The summed E-state index contributed by atoms with van der Waals surface area (Å²) in [6.07, 6.45) is 5.95. The first-order valence-electron chi connectivity index (χ1n) is 8.51. The van der Waals surface area contributed by atoms with E-state index in [1.165, 1.54) is 0 Å². The fourth-order valence-corrected chi connectivity index (χ4v) is 3.50. The van der Waals surface area contributed by atoms with Gasteiger partial charge in [-0.3, -0.25) is 0 Å². The van der Waals surface area contributed by atoms with Crippen LogP contribution in [-0.2, 0) is 6.42 Å². The van der Waals surface area contributed by atoms with E-state index >= 15 is 0 Å². The summed E-state index contributed by atoms with van der Waals surface area (Å²) in [5, 5.41) is 7.65. The van der Waals surface area contributed by atoms with Gasteiger partial charge >= 0.3 is 0 Å². The van der Waals surface area contributed by atoms with Crippen molar-refractivity contribution in [2.75, 3.05) is 5.32 Å². The molecule has 5 rings (SSSR count). The normalized spacial score (nSPS) is 18.5. The van der Waals surface area contributed by atoms with Crippen molar-refractivity contribution in [3.63, 3.8) is 0 Å². The van der Waals surface area contributed by atoms with E-state index in [4.69, 9.17) is 0 Å². The highest BCUT2D eigenvalue weighted by atomic mass is 19.3. The molecular formula is C18H16F2N6. The first-order valence-corrected chi connectivity index (χ1v) is 8.51. The molecule has 0 spiro atoms. The Hall–Kier alpha value is -2.90. The van der Waals surface area contributed by atoms with Gasteiger partial charge in [-0.15, -0.1) is 0 Å². The summed E-state index contributed by atoms with van der Waals surface area (Å²) in [6, 6.07) is 3.61. The maximum absolute atomic E-state index is 13.0. The van der Waals surface area contributed by atoms with Crippen LogP contribution >= 0.6 is 0 Å². The van der Waals surface area contributed by atoms with Crippen molar-refractivity contribution in [2.45, 2.75) is 38.2 Å². The molecule has 0 radical (unpaired) electrons. The van der Waals surface area contributed by atoms with E-state index in [2.05, 4.69) is 31.4 Å². The van der Waals surface area contributed by atoms with Crippen molar-refractivity contribution in [1.29, 1.82) is 0 Å². The largest absolute Gasteiger partial charge is 0.351 e. The number of nitrogens with zero attached hydrogens (tertiary/aromatic N) is 5. The van der Waals surface area contributed by atoms with E-state index in [0.29, 0.717) is 12.4 Å². The smallest absolute Gasteiger partial charge is 0.252 e. The van der Waals surface area contributed by atoms with Crippen LogP contribution in [0, 0.1) is 6.92 Å². The van der Waals surface area contributed by atoms with Crippen LogP contribution in [0.3, 0.4) is 0 Å². The SMILES string of the molecule is Cc1cnc2ccc(C3=CCc4nc(NC5CC(F)(F)C5)ncc43)nn12. The lowest BCUT2D eigenvalue weighted by molar-refractivity contribution is -0.0794. The maximum Gasteiger partial charge on any atom is 0.252 e. The van der Waals surface area contributed by atoms with Gasteiger partial charge in [0, 0.05) is 42.6 Å². The van der Waals surface area contributed by atoms with Crippen LogP contribution in [0.25, 0.3) is 11.2 Å². The third-order valence-corrected chi connectivity index (χ3v) is 4.89. The molecule has 0 amide bonds. The molecule has 1 fully saturated rings. The fraction of sp³-hybridized carbons (Fsp3) is 0.333. The number of aryl methyl sites for hydroxylation is 1. The number of hydrogen-bond acceptors (Lipinski definition) is 5. The number of fused-ring (bicyclic) bond motifs is 2. The molecule has 2 aliphatic rings. The second-order valence-corrected chi connectivity index (χ2v) is 6.87. The zero-order chi connectivity index (χ0) is 17.9. The highest BCUT2D eigenvalue weighted by molar-refractivity contribution is 5.82. The second kappa shape index (κ2) is 5.30. The minimum atomic E-state index is -2.56. The summed E-state index contributed by atoms with van der Waals surface area (Å²) in [5.41, 5.74) is 5.40. The molecule has 3 aromatic heterocycles. The van der Waals surface area contributed by atoms with Gasteiger partial charge in [0.15, 0.2) is 5.65 Å². The lowest BCUT2D eigenvalue weighted by Gasteiger charge is -2.35. The minimum absolute atomic E-state index is 0.162. The monoisotopic (exact) mass is 354 g/mol. The summed E-state index contributed by atoms with van der Waals surface area (Å²) in [4.78, 5) is 13.1. The molecular weight excluding hydrogens is 338 g/mol. The number of allylic oxidation sites excluding steroid dienone is 1. The Morgan fingerprint density at radius 2 is 2.04 bits per heavy atom. The number of nitrogens with one attached hydrogen (secondary N) is 1. The number of rotatable bonds is 3. The van der Waals surface area contributed by atoms with Gasteiger partial charge < -0.3 is 5.32 Å². The molecule has 1 saturated carbocycles. The van der Waals surface area contributed by atoms with Crippen molar-refractivity contribution < 1.29 is 8.78 Å². The quantitative estimate of drug-likeness (QED) is 0.783. The zero-order valence-electron chi connectivity index (χ0n) is 14.1. The van der Waals surface area contributed by atoms with Crippen LogP contribution in [0.4, 0.5) is 14.7 Å². The van der Waals surface area contributed by atoms with E-state index in [0.717, 1.165) is 33.9 Å². The molecule has 3 heterocycles. The first-order chi connectivity index (χ1) is 12.5. The number of aromatic nitrogens is 5. The Morgan fingerprint density at radius 3 is 2.85 bits per heavy atom. The Bertz CT molecular complexity index is 1050. The van der Waals surface area contributed by atoms with Gasteiger partial charge in [-0.2, -0.15) is 5.10 Å². The van der Waals surface area contributed by atoms with Gasteiger partial charge in [0.2, 0.25) is 5.95 Å². The molecule has 26 heavy (non-hydrogen) atoms. The molecule has 6 nitrogen and oxygen atoms in total. The van der Waals surface area contributed by atoms with Gasteiger partial charge in [0.25, 0.3) is 5.92 Å². The number of halogens is 2. The van der Waals surface area contributed by atoms with Crippen molar-refractivity contribution in [3.05, 3.63) is 53.2 Å². The van der Waals surface area contributed by atoms with Crippen LogP contribution in [0.1, 0.15) is 35.5 Å². The fourth-order valence-electron chi connectivity index (χ4n) is 3.50. The molecule has 0 bridgehead atoms. The van der Waals surface area contributed by atoms with Gasteiger partial charge in [-0.25, -0.2) is 28.2 Å². The average molecular weight is 354 g/mol. The van der Waals surface area contributed by atoms with Gasteiger partial charge in [0.05, 0.1) is 23.3 Å². The highest BCUT2D eigenvalue weighted by Crippen LogP contribution is 2.39. The molecule has 0 aromatic carbocycles. The average Bonchev–Trinajstić information content (AvgIpc) is 3.16. The second-order valence-electron chi connectivity index (χ2n) is 6.87. The molecule has 132 valence electrons. The number of imidazole rings is 1. The maximum atomic E-state index is 13.0. The Kier molecular flexibility index (Phi) is 3.13. The standard InChI is InChI=1S/C18H16F2N6/c1-10-8-21-16-5-4-15(25-26(10)16)12-2-3-14-13(12)9-22-17(24-14)23-11-6-18(19,20)7-11/h2,4-5,8-9,11H,3,6-7H2,1H3,(H,22,23,24). The molecule has 3 aromatic rings. The zero-order valence-corrected chi connectivity index (χ0v) is 14.1. The highest BCUT2D eigenvalue weighted by Gasteiger charge is 2.45. The van der Waals surface area contributed by atoms with E-state index in [-0.39, 0.29) is 18.9 Å². The summed E-state index contributed by atoms with van der Waals surface area (Å²) in [5.74, 6) is -2.15. The molecule has 2 aliphatic carbocycles. The Labute approximate surface area is 148 Å². The van der Waals surface area contributed by atoms with Crippen LogP contribution in [0.5, 0.6) is 0 Å². The van der Waals surface area contributed by atoms with Crippen LogP contribution in [0.15, 0.2) is 30.6 Å². The van der Waals surface area contributed by atoms with E-state index in [1.807, 2.05) is 23.6 Å². The Balaban J connectivity index is 1.41. The van der Waals surface area contributed by atoms with Gasteiger partial charge in [0.1, 0.15) is 0 Å². The Morgan fingerprint density at radius 1 is 1.19 bits per heavy atom. The predicted octanol–water partition coefficient (Wildman–Crippen LogP) is 3.03. The number of alkyl halides is 2. The molecule has 0 unspecified atom stereocenters. The first kappa shape index (κ1) is 15.4. The lowest BCUT2D eigenvalue weighted by atomic mass is 9.88. The topological polar surface area (TPSA) is 68.0 Å². The van der Waals surface area contributed by atoms with E-state index < -0.39 is 5.92 Å². The number of anilines is 1. The van der Waals surface area contributed by atoms with Crippen molar-refractivity contribution in [1.82, 2.24) is 24.6 Å². The summed E-state index contributed by atoms with van der Waals surface area (Å²) in [6.45, 7) is 1.96. The number of hydrogen-bond donors (Lipinski definition) is 1. The predicted molar refractivity (Wildman–Crippen MR) is 92.1 cm³/mol.